The lowest BCUT2D eigenvalue weighted by Gasteiger charge is -2.22. The van der Waals surface area contributed by atoms with E-state index in [1.165, 1.54) is 24.3 Å². The molecule has 0 unspecified atom stereocenters. The zero-order chi connectivity index (χ0) is 18.1. The van der Waals surface area contributed by atoms with E-state index in [1.807, 2.05) is 6.07 Å². The summed E-state index contributed by atoms with van der Waals surface area (Å²) >= 11 is 0. The van der Waals surface area contributed by atoms with Crippen molar-refractivity contribution >= 4 is 17.1 Å². The molecule has 2 rings (SSSR count). The standard InChI is InChI=1S/C14H8F5N3O2/c15-13(16,14(17,18)19)6-21-9-10(12(24)11(9)23)22-8-3-1-7(5-20)2-4-8/h1-4,21-22H,6H2. The van der Waals surface area contributed by atoms with Gasteiger partial charge < -0.3 is 10.6 Å². The molecule has 0 bridgehead atoms. The van der Waals surface area contributed by atoms with E-state index in [4.69, 9.17) is 5.26 Å². The first-order valence-corrected chi connectivity index (χ1v) is 6.36. The van der Waals surface area contributed by atoms with Crippen LogP contribution in [0.4, 0.5) is 39.0 Å². The van der Waals surface area contributed by atoms with Gasteiger partial charge in [-0.2, -0.15) is 27.2 Å². The van der Waals surface area contributed by atoms with Gasteiger partial charge in [-0.15, -0.1) is 0 Å². The average Bonchev–Trinajstić information content (AvgIpc) is 2.53. The Morgan fingerprint density at radius 2 is 1.50 bits per heavy atom. The molecule has 0 atom stereocenters. The maximum Gasteiger partial charge on any atom is 0.455 e. The van der Waals surface area contributed by atoms with Crippen LogP contribution in [0.15, 0.2) is 33.9 Å². The van der Waals surface area contributed by atoms with Crippen LogP contribution in [-0.2, 0) is 0 Å². The zero-order valence-electron chi connectivity index (χ0n) is 11.7. The van der Waals surface area contributed by atoms with Gasteiger partial charge in [-0.1, -0.05) is 0 Å². The summed E-state index contributed by atoms with van der Waals surface area (Å²) in [7, 11) is 0. The van der Waals surface area contributed by atoms with E-state index in [0.717, 1.165) is 0 Å². The van der Waals surface area contributed by atoms with Crippen molar-refractivity contribution in [2.75, 3.05) is 17.2 Å². The molecule has 0 amide bonds. The van der Waals surface area contributed by atoms with Crippen LogP contribution in [0, 0.1) is 11.3 Å². The summed E-state index contributed by atoms with van der Waals surface area (Å²) in [5.41, 5.74) is -2.72. The molecule has 2 aromatic rings. The van der Waals surface area contributed by atoms with Gasteiger partial charge in [0.05, 0.1) is 18.2 Å². The fraction of sp³-hybridized carbons (Fsp3) is 0.214. The first-order valence-electron chi connectivity index (χ1n) is 6.36. The van der Waals surface area contributed by atoms with Crippen molar-refractivity contribution in [3.63, 3.8) is 0 Å². The fourth-order valence-electron chi connectivity index (χ4n) is 1.75. The van der Waals surface area contributed by atoms with Crippen LogP contribution in [0.1, 0.15) is 5.56 Å². The molecule has 0 aliphatic heterocycles. The van der Waals surface area contributed by atoms with E-state index in [0.29, 0.717) is 5.56 Å². The normalized spacial score (nSPS) is 12.0. The highest BCUT2D eigenvalue weighted by Crippen LogP contribution is 2.35. The van der Waals surface area contributed by atoms with Crippen LogP contribution in [0.2, 0.25) is 0 Å². The minimum Gasteiger partial charge on any atom is -0.374 e. The molecule has 0 heterocycles. The lowest BCUT2D eigenvalue weighted by atomic mass is 10.1. The fourth-order valence-corrected chi connectivity index (χ4v) is 1.75. The number of nitrogens with one attached hydrogen (secondary N) is 2. The maximum atomic E-state index is 12.9. The summed E-state index contributed by atoms with van der Waals surface area (Å²) < 4.78 is 62.0. The summed E-state index contributed by atoms with van der Waals surface area (Å²) in [6.45, 7) is -1.87. The van der Waals surface area contributed by atoms with Gasteiger partial charge in [-0.3, -0.25) is 9.59 Å². The molecule has 2 N–H and O–H groups in total. The number of hydrogen-bond donors (Lipinski definition) is 2. The highest BCUT2D eigenvalue weighted by atomic mass is 19.4. The molecule has 0 aromatic heterocycles. The number of nitriles is 1. The average molecular weight is 345 g/mol. The van der Waals surface area contributed by atoms with E-state index < -0.39 is 40.9 Å². The van der Waals surface area contributed by atoms with Crippen molar-refractivity contribution in [3.05, 3.63) is 50.3 Å². The Morgan fingerprint density at radius 1 is 0.958 bits per heavy atom. The van der Waals surface area contributed by atoms with Crippen LogP contribution >= 0.6 is 0 Å². The quantitative estimate of drug-likeness (QED) is 0.643. The minimum absolute atomic E-state index is 0.256. The number of hydrogen-bond acceptors (Lipinski definition) is 5. The molecule has 0 fully saturated rings. The Hall–Kier alpha value is -2.96. The number of halogens is 5. The Morgan fingerprint density at radius 3 is 2.00 bits per heavy atom. The Balaban J connectivity index is 2.16. The summed E-state index contributed by atoms with van der Waals surface area (Å²) in [5.74, 6) is -5.06. The summed E-state index contributed by atoms with van der Waals surface area (Å²) in [4.78, 5) is 22.8. The van der Waals surface area contributed by atoms with Gasteiger partial charge >= 0.3 is 12.1 Å². The van der Waals surface area contributed by atoms with Crippen LogP contribution in [0.5, 0.6) is 0 Å². The number of benzene rings is 1. The molecule has 10 heteroatoms. The maximum absolute atomic E-state index is 12.9. The molecular formula is C14H8F5N3O2. The topological polar surface area (TPSA) is 82.0 Å². The largest absolute Gasteiger partial charge is 0.455 e. The lowest BCUT2D eigenvalue weighted by Crippen LogP contribution is -2.45. The van der Waals surface area contributed by atoms with Gasteiger partial charge in [0.25, 0.3) is 10.9 Å². The Labute approximate surface area is 131 Å². The van der Waals surface area contributed by atoms with Crippen molar-refractivity contribution in [1.82, 2.24) is 0 Å². The van der Waals surface area contributed by atoms with Gasteiger partial charge in [-0.05, 0) is 24.3 Å². The van der Waals surface area contributed by atoms with Crippen LogP contribution < -0.4 is 21.5 Å². The van der Waals surface area contributed by atoms with Crippen molar-refractivity contribution in [1.29, 1.82) is 5.26 Å². The first-order chi connectivity index (χ1) is 11.1. The number of alkyl halides is 5. The molecule has 24 heavy (non-hydrogen) atoms. The van der Waals surface area contributed by atoms with Gasteiger partial charge in [0.15, 0.2) is 0 Å². The molecule has 0 spiro atoms. The van der Waals surface area contributed by atoms with Crippen molar-refractivity contribution in [3.8, 4) is 6.07 Å². The highest BCUT2D eigenvalue weighted by molar-refractivity contribution is 5.78. The monoisotopic (exact) mass is 345 g/mol. The lowest BCUT2D eigenvalue weighted by molar-refractivity contribution is -0.275. The van der Waals surface area contributed by atoms with Gasteiger partial charge in [0.2, 0.25) is 0 Å². The summed E-state index contributed by atoms with van der Waals surface area (Å²) in [6.07, 6.45) is -5.78. The van der Waals surface area contributed by atoms with Crippen molar-refractivity contribution in [2.24, 2.45) is 0 Å². The smallest absolute Gasteiger partial charge is 0.374 e. The summed E-state index contributed by atoms with van der Waals surface area (Å²) in [5, 5.41) is 12.8. The van der Waals surface area contributed by atoms with Crippen molar-refractivity contribution < 1.29 is 22.0 Å². The molecule has 126 valence electrons. The third-order valence-corrected chi connectivity index (χ3v) is 3.10. The zero-order valence-corrected chi connectivity index (χ0v) is 11.7. The second-order valence-corrected chi connectivity index (χ2v) is 4.78. The van der Waals surface area contributed by atoms with E-state index in [2.05, 4.69) is 5.32 Å². The molecule has 5 nitrogen and oxygen atoms in total. The third kappa shape index (κ3) is 3.19. The number of nitrogens with zero attached hydrogens (tertiary/aromatic N) is 1. The van der Waals surface area contributed by atoms with E-state index in [1.54, 1.807) is 5.32 Å². The molecule has 0 saturated carbocycles. The van der Waals surface area contributed by atoms with Crippen molar-refractivity contribution in [2.45, 2.75) is 12.1 Å². The number of anilines is 3. The SMILES string of the molecule is N#Cc1ccc(Nc2c(NCC(F)(F)C(F)(F)F)c(=O)c2=O)cc1. The summed E-state index contributed by atoms with van der Waals surface area (Å²) in [6, 6.07) is 7.38. The molecular weight excluding hydrogens is 337 g/mol. The van der Waals surface area contributed by atoms with Crippen LogP contribution in [0.3, 0.4) is 0 Å². The molecule has 0 saturated heterocycles. The molecule has 0 aliphatic rings. The Kier molecular flexibility index (Phi) is 4.29. The third-order valence-electron chi connectivity index (χ3n) is 3.10. The predicted molar refractivity (Wildman–Crippen MR) is 75.3 cm³/mol. The van der Waals surface area contributed by atoms with Gasteiger partial charge in [0, 0.05) is 5.69 Å². The molecule has 0 radical (unpaired) electrons. The number of rotatable bonds is 5. The molecule has 2 aromatic carbocycles. The van der Waals surface area contributed by atoms with E-state index in [-0.39, 0.29) is 5.69 Å². The van der Waals surface area contributed by atoms with Gasteiger partial charge in [-0.25, -0.2) is 0 Å². The van der Waals surface area contributed by atoms with E-state index >= 15 is 0 Å². The second-order valence-electron chi connectivity index (χ2n) is 4.78. The predicted octanol–water partition coefficient (Wildman–Crippen LogP) is 2.51. The second kappa shape index (κ2) is 5.92. The van der Waals surface area contributed by atoms with Crippen LogP contribution in [0.25, 0.3) is 0 Å². The highest BCUT2D eigenvalue weighted by Gasteiger charge is 2.57. The Bertz CT molecular complexity index is 859. The first kappa shape index (κ1) is 17.4. The van der Waals surface area contributed by atoms with Gasteiger partial charge in [0.1, 0.15) is 11.4 Å². The molecule has 0 aliphatic carbocycles. The minimum atomic E-state index is -5.78. The van der Waals surface area contributed by atoms with E-state index in [9.17, 15) is 31.5 Å². The van der Waals surface area contributed by atoms with Crippen LogP contribution in [-0.4, -0.2) is 18.6 Å².